The molecule has 0 saturated carbocycles. The molecule has 21 nitrogen and oxygen atoms in total. The van der Waals surface area contributed by atoms with Crippen molar-refractivity contribution in [2.75, 3.05) is 49.0 Å². The molecule has 27 rings (SSSR count). The molecule has 0 aliphatic carbocycles. The van der Waals surface area contributed by atoms with Crippen LogP contribution in [0.5, 0.6) is 0 Å². The molecule has 5 atom stereocenters. The topological polar surface area (TPSA) is 175 Å². The molecule has 5 aliphatic heterocycles. The maximum absolute atomic E-state index is 6.40. The Balaban J connectivity index is 0.000000119. The van der Waals surface area contributed by atoms with Crippen molar-refractivity contribution < 1.29 is 22.1 Å². The van der Waals surface area contributed by atoms with Crippen LogP contribution in [0.2, 0.25) is 0 Å². The lowest BCUT2D eigenvalue weighted by Gasteiger charge is -2.33. The highest BCUT2D eigenvalue weighted by Crippen LogP contribution is 2.56. The number of nitrogens with zero attached hydrogens (tertiary/aromatic N) is 16. The lowest BCUT2D eigenvalue weighted by atomic mass is 10.1. The number of aryl methyl sites for hydroxylation is 5. The number of hydrogen-bond acceptors (Lipinski definition) is 21. The first kappa shape index (κ1) is 99.5. The van der Waals surface area contributed by atoms with Gasteiger partial charge in [-0.15, -0.1) is 0 Å². The van der Waals surface area contributed by atoms with E-state index in [-0.39, 0.29) is 68.0 Å². The summed E-state index contributed by atoms with van der Waals surface area (Å²) in [7, 11) is 0. The van der Waals surface area contributed by atoms with Crippen LogP contribution in [0.3, 0.4) is 0 Å². The lowest BCUT2D eigenvalue weighted by Crippen LogP contribution is -2.42. The number of pyridine rings is 4. The van der Waals surface area contributed by atoms with E-state index < -0.39 is 0 Å². The van der Waals surface area contributed by atoms with Crippen LogP contribution in [-0.2, 0) is 0 Å². The molecule has 21 heteroatoms. The zero-order valence-corrected chi connectivity index (χ0v) is 82.0. The molecular weight excluding hydrogens is 1810 g/mol. The SMILES string of the molecule is C.C.C.C.C.Cc1ccc2c(oc3ccccc32)c1N1c2cccnc2N(C(C)C)C1C.Cc1ccc2c(oc3ccccc32)c1N1c2cccnc2N(c2ccccc2)C1C.Cc1ccc2c(oc3ccccc32)c1N1c2ncccc2N(C(C)C)C1C.Cc1ccc2c(oc3ccccc32)c1N1c2ncccc2N(c2ccccc2)C1C.Cc1ccc2c(oc3ccccc32)c1N1c2nccnc2N(C(C)C)C1C. The lowest BCUT2D eigenvalue weighted by molar-refractivity contribution is 0.598. The van der Waals surface area contributed by atoms with E-state index >= 15 is 0 Å². The minimum atomic E-state index is 0. The third kappa shape index (κ3) is 16.2. The van der Waals surface area contributed by atoms with Gasteiger partial charge in [-0.3, -0.25) is 9.80 Å². The van der Waals surface area contributed by atoms with Crippen molar-refractivity contribution in [3.8, 4) is 0 Å². The van der Waals surface area contributed by atoms with Gasteiger partial charge in [-0.2, -0.15) is 0 Å². The van der Waals surface area contributed by atoms with E-state index in [2.05, 4.69) is 364 Å². The average molecular weight is 1940 g/mol. The number of fused-ring (bicyclic) bond motifs is 20. The van der Waals surface area contributed by atoms with Crippen molar-refractivity contribution in [3.63, 3.8) is 0 Å². The summed E-state index contributed by atoms with van der Waals surface area (Å²) in [5.74, 6) is 5.75. The third-order valence-electron chi connectivity index (χ3n) is 28.6. The van der Waals surface area contributed by atoms with Gasteiger partial charge in [0.05, 0.1) is 51.2 Å². The fourth-order valence-electron chi connectivity index (χ4n) is 22.5. The van der Waals surface area contributed by atoms with Crippen molar-refractivity contribution in [1.82, 2.24) is 29.9 Å². The van der Waals surface area contributed by atoms with E-state index in [1.54, 1.807) is 12.4 Å². The van der Waals surface area contributed by atoms with Gasteiger partial charge in [0.2, 0.25) is 0 Å². The van der Waals surface area contributed by atoms with Gasteiger partial charge < -0.3 is 61.3 Å². The molecule has 22 aromatic rings. The van der Waals surface area contributed by atoms with Crippen molar-refractivity contribution in [3.05, 3.63) is 356 Å². The normalized spacial score (nSPS) is 15.8. The highest BCUT2D eigenvalue weighted by Gasteiger charge is 2.45. The van der Waals surface area contributed by atoms with Crippen molar-refractivity contribution in [2.24, 2.45) is 0 Å². The molecule has 5 aliphatic rings. The summed E-state index contributed by atoms with van der Waals surface area (Å²) in [6.45, 7) is 35.1. The fourth-order valence-corrected chi connectivity index (χ4v) is 22.5. The number of benzene rings is 12. The minimum Gasteiger partial charge on any atom is -0.454 e. The molecule has 10 aromatic heterocycles. The van der Waals surface area contributed by atoms with Crippen molar-refractivity contribution in [1.29, 1.82) is 0 Å². The molecule has 740 valence electrons. The second kappa shape index (κ2) is 39.9. The van der Waals surface area contributed by atoms with Crippen LogP contribution in [0, 0.1) is 34.6 Å². The van der Waals surface area contributed by atoms with Crippen molar-refractivity contribution >= 4 is 207 Å². The third-order valence-corrected chi connectivity index (χ3v) is 28.6. The predicted octanol–water partition coefficient (Wildman–Crippen LogP) is 34.4. The summed E-state index contributed by atoms with van der Waals surface area (Å²) in [6.07, 6.45) is 11.5. The molecule has 0 spiro atoms. The number of para-hydroxylation sites is 7. The van der Waals surface area contributed by atoms with Gasteiger partial charge in [0.15, 0.2) is 62.8 Å². The first-order valence-corrected chi connectivity index (χ1v) is 48.9. The Morgan fingerprint density at radius 2 is 0.438 bits per heavy atom. The standard InChI is InChI=1S/2C26H21N3O.2C23H23N3O.C22H22N4O.5CH4/c1-17-14-15-21-20-11-6-7-13-23(20)30-25(21)24(17)29-18(2)28(19-9-4-3-5-10-19)26-22(29)12-8-16-27-26;1-17-14-15-21-20-11-6-7-13-23(20)30-25(21)24(17)29-18(2)28(19-9-4-3-5-10-19)22-12-8-16-27-26(22)29;1-14(2)25-16(4)26(19-9-7-13-24-23(19)25)21-15(3)11-12-18-17-8-5-6-10-20(17)27-22(18)21;1-14(2)25-16(4)26(23-19(25)9-7-13-24-23)21-15(3)11-12-18-17-8-5-6-10-20(17)27-22(18)21;1-13(2)25-15(4)26(22-21(25)23-11-12-24-22)19-14(3)9-10-17-16-7-5-6-8-18(16)27-20(17)19;;;;;/h2*3-16,18H,1-2H3;2*5-14,16H,1-4H3;5-13,15H,1-4H3;5*1H4. The molecule has 12 aromatic carbocycles. The summed E-state index contributed by atoms with van der Waals surface area (Å²) in [4.78, 5) is 51.7. The Kier molecular flexibility index (Phi) is 27.2. The van der Waals surface area contributed by atoms with Crippen LogP contribution in [0.15, 0.2) is 350 Å². The molecular formula is C125H130N16O5. The van der Waals surface area contributed by atoms with Crippen molar-refractivity contribution in [2.45, 2.75) is 197 Å². The molecule has 146 heavy (non-hydrogen) atoms. The van der Waals surface area contributed by atoms with Crippen LogP contribution < -0.4 is 49.0 Å². The van der Waals surface area contributed by atoms with E-state index in [9.17, 15) is 0 Å². The van der Waals surface area contributed by atoms with Crippen LogP contribution in [0.1, 0.15) is 141 Å². The predicted molar refractivity (Wildman–Crippen MR) is 613 cm³/mol. The van der Waals surface area contributed by atoms with Crippen LogP contribution in [0.4, 0.5) is 97.5 Å². The molecule has 15 heterocycles. The van der Waals surface area contributed by atoms with Gasteiger partial charge in [0.25, 0.3) is 0 Å². The minimum absolute atomic E-state index is 0. The number of furan rings is 5. The Morgan fingerprint density at radius 1 is 0.199 bits per heavy atom. The number of hydrogen-bond donors (Lipinski definition) is 0. The summed E-state index contributed by atoms with van der Waals surface area (Å²) in [5, 5.41) is 11.5. The van der Waals surface area contributed by atoms with E-state index in [0.29, 0.717) is 18.1 Å². The van der Waals surface area contributed by atoms with Gasteiger partial charge in [0.1, 0.15) is 58.7 Å². The molecule has 0 bridgehead atoms. The van der Waals surface area contributed by atoms with E-state index in [0.717, 1.165) is 207 Å². The number of aromatic nitrogens is 6. The summed E-state index contributed by atoms with van der Waals surface area (Å²) in [6, 6.07) is 102. The summed E-state index contributed by atoms with van der Waals surface area (Å²) in [5.41, 5.74) is 27.4. The van der Waals surface area contributed by atoms with E-state index in [1.807, 2.05) is 122 Å². The molecule has 5 unspecified atom stereocenters. The zero-order chi connectivity index (χ0) is 96.6. The largest absolute Gasteiger partial charge is 0.454 e. The molecule has 0 amide bonds. The van der Waals surface area contributed by atoms with E-state index in [4.69, 9.17) is 42.0 Å². The van der Waals surface area contributed by atoms with Crippen LogP contribution in [0.25, 0.3) is 110 Å². The smallest absolute Gasteiger partial charge is 0.178 e. The van der Waals surface area contributed by atoms with Gasteiger partial charge in [-0.25, -0.2) is 29.9 Å². The molecule has 0 N–H and O–H groups in total. The molecule has 0 radical (unpaired) electrons. The Bertz CT molecular complexity index is 7900. The Labute approximate surface area is 855 Å². The quantitative estimate of drug-likeness (QED) is 0.126. The Hall–Kier alpha value is -16.7. The van der Waals surface area contributed by atoms with Gasteiger partial charge in [0, 0.05) is 121 Å². The monoisotopic (exact) mass is 1940 g/mol. The fraction of sp³-hybridized carbons (Fsp3) is 0.232. The number of anilines is 17. The van der Waals surface area contributed by atoms with Gasteiger partial charge in [-0.05, 0) is 242 Å². The number of rotatable bonds is 10. The highest BCUT2D eigenvalue weighted by atomic mass is 16.3. The molecule has 0 saturated heterocycles. The summed E-state index contributed by atoms with van der Waals surface area (Å²) < 4.78 is 31.8. The average Bonchev–Trinajstić information content (AvgIpc) is 1.53. The first-order valence-electron chi connectivity index (χ1n) is 48.9. The highest BCUT2D eigenvalue weighted by molar-refractivity contribution is 6.16. The van der Waals surface area contributed by atoms with Crippen LogP contribution in [-0.4, -0.2) is 78.9 Å². The second-order valence-corrected chi connectivity index (χ2v) is 38.0. The molecule has 0 fully saturated rings. The Morgan fingerprint density at radius 3 is 0.801 bits per heavy atom. The summed E-state index contributed by atoms with van der Waals surface area (Å²) >= 11 is 0. The zero-order valence-electron chi connectivity index (χ0n) is 82.0. The second-order valence-electron chi connectivity index (χ2n) is 38.0. The van der Waals surface area contributed by atoms with Gasteiger partial charge >= 0.3 is 0 Å². The first-order chi connectivity index (χ1) is 68.7. The maximum Gasteiger partial charge on any atom is 0.178 e. The van der Waals surface area contributed by atoms with Crippen LogP contribution >= 0.6 is 0 Å². The van der Waals surface area contributed by atoms with Gasteiger partial charge in [-0.1, -0.05) is 225 Å². The maximum atomic E-state index is 6.40. The van der Waals surface area contributed by atoms with E-state index in [1.165, 1.54) is 27.9 Å².